The molecular formula is C19H18N2O10. The molecule has 0 unspecified atom stereocenters. The molecule has 0 aromatic heterocycles. The largest absolute Gasteiger partial charge is 0.493 e. The Labute approximate surface area is 175 Å². The third-order valence-corrected chi connectivity index (χ3v) is 4.08. The van der Waals surface area contributed by atoms with E-state index < -0.39 is 21.2 Å². The lowest BCUT2D eigenvalue weighted by Gasteiger charge is -2.13. The van der Waals surface area contributed by atoms with Crippen molar-refractivity contribution >= 4 is 23.9 Å². The molecule has 0 aliphatic rings. The van der Waals surface area contributed by atoms with Crippen LogP contribution in [-0.2, 0) is 0 Å². The van der Waals surface area contributed by atoms with Crippen LogP contribution in [0.5, 0.6) is 23.0 Å². The molecular weight excluding hydrogens is 416 g/mol. The van der Waals surface area contributed by atoms with E-state index in [2.05, 4.69) is 0 Å². The van der Waals surface area contributed by atoms with Crippen molar-refractivity contribution in [2.24, 2.45) is 0 Å². The first-order chi connectivity index (χ1) is 14.9. The van der Waals surface area contributed by atoms with Gasteiger partial charge in [0, 0.05) is 18.6 Å². The van der Waals surface area contributed by atoms with E-state index in [1.165, 1.54) is 26.4 Å². The lowest BCUT2D eigenvalue weighted by atomic mass is 10.1. The fraction of sp³-hybridized carbons (Fsp3) is 0.263. The van der Waals surface area contributed by atoms with Crippen LogP contribution in [-0.4, -0.2) is 49.9 Å². The van der Waals surface area contributed by atoms with Gasteiger partial charge in [-0.1, -0.05) is 0 Å². The molecule has 0 aliphatic heterocycles. The Bertz CT molecular complexity index is 926. The van der Waals surface area contributed by atoms with Gasteiger partial charge in [0.1, 0.15) is 0 Å². The molecule has 12 heteroatoms. The summed E-state index contributed by atoms with van der Waals surface area (Å²) in [4.78, 5) is 42.8. The van der Waals surface area contributed by atoms with Crippen molar-refractivity contribution in [3.63, 3.8) is 0 Å². The molecule has 0 saturated heterocycles. The fourth-order valence-corrected chi connectivity index (χ4v) is 2.60. The highest BCUT2D eigenvalue weighted by atomic mass is 16.6. The Balaban J connectivity index is 2.06. The normalized spacial score (nSPS) is 10.1. The van der Waals surface area contributed by atoms with E-state index in [4.69, 9.17) is 18.9 Å². The second kappa shape index (κ2) is 10.5. The maximum absolute atomic E-state index is 11.1. The summed E-state index contributed by atoms with van der Waals surface area (Å²) in [5.41, 5.74) is -1.14. The van der Waals surface area contributed by atoms with Gasteiger partial charge in [-0.15, -0.1) is 0 Å². The first-order valence-corrected chi connectivity index (χ1v) is 8.75. The van der Waals surface area contributed by atoms with Crippen molar-refractivity contribution < 1.29 is 38.4 Å². The highest BCUT2D eigenvalue weighted by Crippen LogP contribution is 2.35. The van der Waals surface area contributed by atoms with Crippen molar-refractivity contribution in [3.8, 4) is 23.0 Å². The molecule has 0 amide bonds. The Morgan fingerprint density at radius 3 is 1.42 bits per heavy atom. The summed E-state index contributed by atoms with van der Waals surface area (Å²) in [6.45, 7) is 0.121. The maximum Gasteiger partial charge on any atom is 0.283 e. The predicted octanol–water partition coefficient (Wildman–Crippen LogP) is 2.99. The van der Waals surface area contributed by atoms with Crippen LogP contribution < -0.4 is 18.9 Å². The van der Waals surface area contributed by atoms with Crippen LogP contribution in [0, 0.1) is 20.2 Å². The van der Waals surface area contributed by atoms with Crippen molar-refractivity contribution in [1.29, 1.82) is 0 Å². The van der Waals surface area contributed by atoms with Gasteiger partial charge in [0.25, 0.3) is 11.4 Å². The molecule has 12 nitrogen and oxygen atoms in total. The average molecular weight is 434 g/mol. The van der Waals surface area contributed by atoms with Gasteiger partial charge in [0.2, 0.25) is 0 Å². The maximum atomic E-state index is 11.1. The summed E-state index contributed by atoms with van der Waals surface area (Å²) < 4.78 is 21.2. The molecule has 0 aliphatic carbocycles. The van der Waals surface area contributed by atoms with Crippen LogP contribution in [0.15, 0.2) is 24.3 Å². The summed E-state index contributed by atoms with van der Waals surface area (Å²) >= 11 is 0. The number of nitrogens with zero attached hydrogens (tertiary/aromatic N) is 2. The molecule has 0 saturated carbocycles. The molecule has 0 fully saturated rings. The lowest BCUT2D eigenvalue weighted by Crippen LogP contribution is -2.08. The van der Waals surface area contributed by atoms with Gasteiger partial charge in [0.15, 0.2) is 35.6 Å². The van der Waals surface area contributed by atoms with Crippen LogP contribution >= 0.6 is 0 Å². The minimum atomic E-state index is -0.707. The number of methoxy groups -OCH3 is 2. The smallest absolute Gasteiger partial charge is 0.283 e. The van der Waals surface area contributed by atoms with Crippen LogP contribution in [0.3, 0.4) is 0 Å². The molecule has 31 heavy (non-hydrogen) atoms. The first-order valence-electron chi connectivity index (χ1n) is 8.75. The van der Waals surface area contributed by atoms with Gasteiger partial charge < -0.3 is 18.9 Å². The minimum Gasteiger partial charge on any atom is -0.493 e. The lowest BCUT2D eigenvalue weighted by molar-refractivity contribution is -0.385. The third kappa shape index (κ3) is 5.44. The van der Waals surface area contributed by atoms with Gasteiger partial charge in [0.05, 0.1) is 60.5 Å². The summed E-state index contributed by atoms with van der Waals surface area (Å²) in [5.74, 6) is 0.442. The van der Waals surface area contributed by atoms with E-state index in [1.54, 1.807) is 0 Å². The molecule has 0 N–H and O–H groups in total. The molecule has 0 bridgehead atoms. The number of hydrogen-bond acceptors (Lipinski definition) is 10. The van der Waals surface area contributed by atoms with Gasteiger partial charge in [-0.25, -0.2) is 0 Å². The van der Waals surface area contributed by atoms with Crippen molar-refractivity contribution in [3.05, 3.63) is 55.6 Å². The van der Waals surface area contributed by atoms with Crippen molar-refractivity contribution in [2.45, 2.75) is 6.42 Å². The molecule has 2 rings (SSSR count). The van der Waals surface area contributed by atoms with E-state index in [0.29, 0.717) is 19.0 Å². The summed E-state index contributed by atoms with van der Waals surface area (Å²) in [6.07, 6.45) is 0.986. The van der Waals surface area contributed by atoms with E-state index in [-0.39, 0.29) is 47.3 Å². The number of carbonyl (C=O) groups is 2. The topological polar surface area (TPSA) is 157 Å². The Morgan fingerprint density at radius 1 is 0.742 bits per heavy atom. The highest BCUT2D eigenvalue weighted by Gasteiger charge is 2.21. The number of nitro benzene ring substituents is 2. The number of aldehydes is 2. The van der Waals surface area contributed by atoms with Crippen molar-refractivity contribution in [1.82, 2.24) is 0 Å². The molecule has 0 spiro atoms. The second-order valence-corrected chi connectivity index (χ2v) is 5.92. The Hall–Kier alpha value is -4.22. The number of hydrogen-bond donors (Lipinski definition) is 0. The van der Waals surface area contributed by atoms with Crippen molar-refractivity contribution in [2.75, 3.05) is 27.4 Å². The summed E-state index contributed by atoms with van der Waals surface area (Å²) in [6, 6.07) is 4.59. The van der Waals surface area contributed by atoms with Crippen LogP contribution in [0.4, 0.5) is 11.4 Å². The van der Waals surface area contributed by atoms with E-state index in [0.717, 1.165) is 12.1 Å². The van der Waals surface area contributed by atoms with Gasteiger partial charge in [-0.2, -0.15) is 0 Å². The number of benzene rings is 2. The number of carbonyl (C=O) groups excluding carboxylic acids is 2. The van der Waals surface area contributed by atoms with Gasteiger partial charge in [-0.05, 0) is 0 Å². The second-order valence-electron chi connectivity index (χ2n) is 5.92. The number of ether oxygens (including phenoxy) is 4. The van der Waals surface area contributed by atoms with Crippen LogP contribution in [0.2, 0.25) is 0 Å². The zero-order chi connectivity index (χ0) is 23.0. The SMILES string of the molecule is COc1cc(C=O)c([N+](=O)[O-])cc1OCCCOc1cc([N+](=O)[O-])c(C=O)cc1OC. The zero-order valence-corrected chi connectivity index (χ0v) is 16.6. The molecule has 2 aromatic rings. The summed E-state index contributed by atoms with van der Waals surface area (Å²) in [5, 5.41) is 22.2. The van der Waals surface area contributed by atoms with Crippen LogP contribution in [0.1, 0.15) is 27.1 Å². The van der Waals surface area contributed by atoms with E-state index in [1.807, 2.05) is 0 Å². The molecule has 0 heterocycles. The first kappa shape index (κ1) is 23.1. The quantitative estimate of drug-likeness (QED) is 0.210. The number of rotatable bonds is 12. The third-order valence-electron chi connectivity index (χ3n) is 4.08. The average Bonchev–Trinajstić information content (AvgIpc) is 2.77. The highest BCUT2D eigenvalue weighted by molar-refractivity contribution is 5.84. The zero-order valence-electron chi connectivity index (χ0n) is 16.6. The van der Waals surface area contributed by atoms with Crippen LogP contribution in [0.25, 0.3) is 0 Å². The predicted molar refractivity (Wildman–Crippen MR) is 106 cm³/mol. The van der Waals surface area contributed by atoms with Gasteiger partial charge in [-0.3, -0.25) is 29.8 Å². The molecule has 0 radical (unpaired) electrons. The minimum absolute atomic E-state index is 0.0603. The molecule has 0 atom stereocenters. The van der Waals surface area contributed by atoms with E-state index in [9.17, 15) is 29.8 Å². The standard InChI is InChI=1S/C19H18N2O10/c1-28-16-6-12(10-22)14(20(24)25)8-18(16)30-4-3-5-31-19-9-15(21(26)27)13(11-23)7-17(19)29-2/h6-11H,3-5H2,1-2H3. The number of nitro groups is 2. The Kier molecular flexibility index (Phi) is 7.83. The van der Waals surface area contributed by atoms with Gasteiger partial charge >= 0.3 is 0 Å². The molecule has 164 valence electrons. The molecule has 2 aromatic carbocycles. The Morgan fingerprint density at radius 2 is 1.13 bits per heavy atom. The van der Waals surface area contributed by atoms with E-state index >= 15 is 0 Å². The summed E-state index contributed by atoms with van der Waals surface area (Å²) in [7, 11) is 2.65. The monoisotopic (exact) mass is 434 g/mol. The fourth-order valence-electron chi connectivity index (χ4n) is 2.60.